The number of rotatable bonds is 1. The number of thioether (sulfide) groups is 1. The van der Waals surface area contributed by atoms with Crippen LogP contribution in [0.4, 0.5) is 8.78 Å². The summed E-state index contributed by atoms with van der Waals surface area (Å²) in [6, 6.07) is 0. The largest absolute Gasteiger partial charge is 0.466 e. The molecule has 70 valence electrons. The Hall–Kier alpha value is 0.0600. The molecule has 12 heavy (non-hydrogen) atoms. The van der Waals surface area contributed by atoms with Gasteiger partial charge in [0.15, 0.2) is 6.10 Å². The molecule has 1 rings (SSSR count). The first-order chi connectivity index (χ1) is 5.56. The van der Waals surface area contributed by atoms with E-state index in [0.717, 1.165) is 11.8 Å². The summed E-state index contributed by atoms with van der Waals surface area (Å²) in [4.78, 5) is 0. The third-order valence-corrected chi connectivity index (χ3v) is 2.47. The maximum Gasteiger partial charge on any atom is 0.309 e. The third kappa shape index (κ3) is 2.27. The number of hydrogen-bond donors (Lipinski definition) is 0. The molecule has 1 atom stereocenters. The summed E-state index contributed by atoms with van der Waals surface area (Å²) < 4.78 is 35.1. The molecule has 1 aliphatic rings. The monoisotopic (exact) mass is 214 g/mol. The molecule has 1 unspecified atom stereocenters. The smallest absolute Gasteiger partial charge is 0.309 e. The third-order valence-electron chi connectivity index (χ3n) is 1.44. The highest BCUT2D eigenvalue weighted by molar-refractivity contribution is 8.22. The lowest BCUT2D eigenvalue weighted by atomic mass is 10.2. The second-order valence-electron chi connectivity index (χ2n) is 2.34. The van der Waals surface area contributed by atoms with Crippen molar-refractivity contribution in [2.45, 2.75) is 12.0 Å². The van der Waals surface area contributed by atoms with E-state index in [1.807, 2.05) is 0 Å². The van der Waals surface area contributed by atoms with Gasteiger partial charge in [-0.25, -0.2) is 0 Å². The van der Waals surface area contributed by atoms with E-state index in [4.69, 9.17) is 4.74 Å². The van der Waals surface area contributed by atoms with E-state index < -0.39 is 18.6 Å². The van der Waals surface area contributed by atoms with Crippen molar-refractivity contribution in [3.63, 3.8) is 0 Å². The molecule has 0 aromatic carbocycles. The molecule has 0 aliphatic carbocycles. The second-order valence-corrected chi connectivity index (χ2v) is 3.75. The lowest BCUT2D eigenvalue weighted by Crippen LogP contribution is -2.34. The zero-order chi connectivity index (χ0) is 9.19. The highest BCUT2D eigenvalue weighted by Crippen LogP contribution is 2.28. The van der Waals surface area contributed by atoms with Gasteiger partial charge in [0.2, 0.25) is 4.38 Å². The first kappa shape index (κ1) is 10.1. The second kappa shape index (κ2) is 3.85. The summed E-state index contributed by atoms with van der Waals surface area (Å²) >= 11 is 5.78. The summed E-state index contributed by atoms with van der Waals surface area (Å²) in [5.41, 5.74) is 0. The lowest BCUT2D eigenvalue weighted by Gasteiger charge is -2.17. The number of ether oxygens (including phenoxy) is 2. The molecule has 0 aromatic rings. The predicted molar refractivity (Wildman–Crippen MR) is 46.8 cm³/mol. The molecule has 0 bridgehead atoms. The Morgan fingerprint density at radius 3 is 2.83 bits per heavy atom. The predicted octanol–water partition coefficient (Wildman–Crippen LogP) is 1.68. The molecule has 0 N–H and O–H groups in total. The van der Waals surface area contributed by atoms with Gasteiger partial charge < -0.3 is 9.47 Å². The topological polar surface area (TPSA) is 18.5 Å². The summed E-state index contributed by atoms with van der Waals surface area (Å²) in [6.07, 6.45) is 0.466. The number of thiocarbonyl (C=S) groups is 1. The fraction of sp³-hybridized carbons (Fsp3) is 0.833. The van der Waals surface area contributed by atoms with Crippen molar-refractivity contribution in [1.29, 1.82) is 0 Å². The van der Waals surface area contributed by atoms with Gasteiger partial charge in [0.1, 0.15) is 6.61 Å². The van der Waals surface area contributed by atoms with Gasteiger partial charge in [0, 0.05) is 0 Å². The molecule has 2 nitrogen and oxygen atoms in total. The molecular weight excluding hydrogens is 206 g/mol. The van der Waals surface area contributed by atoms with Crippen LogP contribution in [0.5, 0.6) is 0 Å². The molecule has 0 spiro atoms. The van der Waals surface area contributed by atoms with Crippen molar-refractivity contribution in [1.82, 2.24) is 0 Å². The van der Waals surface area contributed by atoms with E-state index in [1.165, 1.54) is 0 Å². The van der Waals surface area contributed by atoms with Crippen LogP contribution in [0.2, 0.25) is 0 Å². The average molecular weight is 214 g/mol. The molecule has 0 amide bonds. The van der Waals surface area contributed by atoms with Gasteiger partial charge in [-0.3, -0.25) is 0 Å². The Kier molecular flexibility index (Phi) is 3.25. The van der Waals surface area contributed by atoms with E-state index in [2.05, 4.69) is 17.0 Å². The van der Waals surface area contributed by atoms with Gasteiger partial charge in [-0.05, 0) is 18.5 Å². The Balaban J connectivity index is 2.47. The SMILES string of the molecule is CSC(=S)OC1COCC1(F)F. The number of alkyl halides is 2. The summed E-state index contributed by atoms with van der Waals surface area (Å²) in [6.45, 7) is -0.664. The zero-order valence-corrected chi connectivity index (χ0v) is 8.01. The zero-order valence-electron chi connectivity index (χ0n) is 6.38. The molecule has 1 saturated heterocycles. The molecule has 6 heteroatoms. The maximum absolute atomic E-state index is 12.8. The fourth-order valence-electron chi connectivity index (χ4n) is 0.801. The van der Waals surface area contributed by atoms with Gasteiger partial charge >= 0.3 is 5.92 Å². The summed E-state index contributed by atoms with van der Waals surface area (Å²) in [7, 11) is 0. The molecule has 0 saturated carbocycles. The van der Waals surface area contributed by atoms with Gasteiger partial charge in [-0.2, -0.15) is 8.78 Å². The van der Waals surface area contributed by atoms with E-state index in [0.29, 0.717) is 0 Å². The molecular formula is C6H8F2O2S2. The Morgan fingerprint density at radius 2 is 2.42 bits per heavy atom. The van der Waals surface area contributed by atoms with Crippen LogP contribution in [-0.2, 0) is 9.47 Å². The van der Waals surface area contributed by atoms with Crippen LogP contribution in [0.15, 0.2) is 0 Å². The van der Waals surface area contributed by atoms with Crippen LogP contribution >= 0.6 is 24.0 Å². The number of halogens is 2. The minimum Gasteiger partial charge on any atom is -0.466 e. The van der Waals surface area contributed by atoms with E-state index >= 15 is 0 Å². The summed E-state index contributed by atoms with van der Waals surface area (Å²) in [5, 5.41) is 0. The molecule has 1 fully saturated rings. The molecule has 0 radical (unpaired) electrons. The van der Waals surface area contributed by atoms with Gasteiger partial charge in [0.25, 0.3) is 0 Å². The highest BCUT2D eigenvalue weighted by atomic mass is 32.2. The van der Waals surface area contributed by atoms with E-state index in [9.17, 15) is 8.78 Å². The molecule has 0 aromatic heterocycles. The van der Waals surface area contributed by atoms with Crippen molar-refractivity contribution in [3.05, 3.63) is 0 Å². The van der Waals surface area contributed by atoms with Crippen molar-refractivity contribution in [2.75, 3.05) is 19.5 Å². The fourth-order valence-corrected chi connectivity index (χ4v) is 1.13. The van der Waals surface area contributed by atoms with E-state index in [-0.39, 0.29) is 11.0 Å². The Morgan fingerprint density at radius 1 is 1.75 bits per heavy atom. The maximum atomic E-state index is 12.8. The van der Waals surface area contributed by atoms with Gasteiger partial charge in [-0.1, -0.05) is 11.8 Å². The number of hydrogen-bond acceptors (Lipinski definition) is 4. The van der Waals surface area contributed by atoms with Crippen LogP contribution in [0, 0.1) is 0 Å². The molecule has 1 heterocycles. The first-order valence-electron chi connectivity index (χ1n) is 3.26. The molecule has 1 aliphatic heterocycles. The van der Waals surface area contributed by atoms with Crippen LogP contribution in [-0.4, -0.2) is 35.9 Å². The Labute approximate surface area is 78.6 Å². The van der Waals surface area contributed by atoms with Crippen LogP contribution < -0.4 is 0 Å². The van der Waals surface area contributed by atoms with Gasteiger partial charge in [-0.15, -0.1) is 0 Å². The average Bonchev–Trinajstić information content (AvgIpc) is 2.31. The Bertz CT molecular complexity index is 186. The quantitative estimate of drug-likeness (QED) is 0.618. The minimum absolute atomic E-state index is 0.0896. The first-order valence-corrected chi connectivity index (χ1v) is 4.90. The standard InChI is InChI=1S/C6H8F2O2S2/c1-12-5(11)10-4-2-9-3-6(4,7)8/h4H,2-3H2,1H3. The van der Waals surface area contributed by atoms with Crippen LogP contribution in [0.1, 0.15) is 0 Å². The van der Waals surface area contributed by atoms with E-state index in [1.54, 1.807) is 6.26 Å². The summed E-state index contributed by atoms with van der Waals surface area (Å²) in [5.74, 6) is -2.90. The van der Waals surface area contributed by atoms with Crippen LogP contribution in [0.3, 0.4) is 0 Å². The van der Waals surface area contributed by atoms with Gasteiger partial charge in [0.05, 0.1) is 6.61 Å². The van der Waals surface area contributed by atoms with Crippen molar-refractivity contribution in [2.24, 2.45) is 0 Å². The lowest BCUT2D eigenvalue weighted by molar-refractivity contribution is -0.0679. The van der Waals surface area contributed by atoms with Crippen molar-refractivity contribution < 1.29 is 18.3 Å². The van der Waals surface area contributed by atoms with Crippen molar-refractivity contribution in [3.8, 4) is 0 Å². The van der Waals surface area contributed by atoms with Crippen LogP contribution in [0.25, 0.3) is 0 Å². The highest BCUT2D eigenvalue weighted by Gasteiger charge is 2.47. The minimum atomic E-state index is -2.90. The van der Waals surface area contributed by atoms with Crippen molar-refractivity contribution >= 4 is 28.4 Å². The normalized spacial score (nSPS) is 27.1.